The molecule has 0 spiro atoms. The van der Waals surface area contributed by atoms with Crippen LogP contribution in [0.1, 0.15) is 40.6 Å². The maximum atomic E-state index is 12.6. The van der Waals surface area contributed by atoms with E-state index in [9.17, 15) is 14.4 Å². The van der Waals surface area contributed by atoms with E-state index in [2.05, 4.69) is 10.3 Å². The van der Waals surface area contributed by atoms with Gasteiger partial charge in [-0.3, -0.25) is 19.0 Å². The SMILES string of the molecule is CC(=O)c1ccccc1NC(=O)CCCSc1nc2sc(C)c(C)c2c(=O)n1C. The summed E-state index contributed by atoms with van der Waals surface area (Å²) in [5.74, 6) is 0.440. The first-order valence-corrected chi connectivity index (χ1v) is 11.1. The minimum atomic E-state index is -0.138. The molecule has 3 rings (SSSR count). The van der Waals surface area contributed by atoms with E-state index in [1.165, 1.54) is 30.0 Å². The fraction of sp³-hybridized carbons (Fsp3) is 0.333. The van der Waals surface area contributed by atoms with Gasteiger partial charge in [-0.05, 0) is 44.9 Å². The number of Topliss-reactive ketones (excluding diaryl/α,β-unsaturated/α-hetero) is 1. The van der Waals surface area contributed by atoms with Crippen LogP contribution in [0, 0.1) is 13.8 Å². The highest BCUT2D eigenvalue weighted by molar-refractivity contribution is 7.99. The molecule has 0 aliphatic heterocycles. The number of aromatic nitrogens is 2. The van der Waals surface area contributed by atoms with Gasteiger partial charge in [0.1, 0.15) is 4.83 Å². The first-order chi connectivity index (χ1) is 13.8. The van der Waals surface area contributed by atoms with Crippen LogP contribution in [0.25, 0.3) is 10.2 Å². The van der Waals surface area contributed by atoms with E-state index in [1.54, 1.807) is 35.9 Å². The number of hydrogen-bond donors (Lipinski definition) is 1. The highest BCUT2D eigenvalue weighted by Crippen LogP contribution is 2.28. The summed E-state index contributed by atoms with van der Waals surface area (Å²) in [6, 6.07) is 6.98. The van der Waals surface area contributed by atoms with E-state index in [1.807, 2.05) is 13.8 Å². The molecule has 0 unspecified atom stereocenters. The molecule has 0 bridgehead atoms. The second-order valence-corrected chi connectivity index (χ2v) is 9.09. The maximum absolute atomic E-state index is 12.6. The fourth-order valence-corrected chi connectivity index (χ4v) is 4.97. The summed E-state index contributed by atoms with van der Waals surface area (Å²) >= 11 is 3.01. The molecular weight excluding hydrogens is 406 g/mol. The number of ketones is 1. The summed E-state index contributed by atoms with van der Waals surface area (Å²) in [7, 11) is 1.73. The van der Waals surface area contributed by atoms with Crippen LogP contribution in [0.5, 0.6) is 0 Å². The molecule has 8 heteroatoms. The summed E-state index contributed by atoms with van der Waals surface area (Å²) in [4.78, 5) is 43.0. The van der Waals surface area contributed by atoms with Gasteiger partial charge in [-0.2, -0.15) is 0 Å². The van der Waals surface area contributed by atoms with Crippen LogP contribution >= 0.6 is 23.1 Å². The molecule has 0 aliphatic carbocycles. The van der Waals surface area contributed by atoms with E-state index in [0.717, 1.165) is 15.3 Å². The van der Waals surface area contributed by atoms with Crippen molar-refractivity contribution in [3.8, 4) is 0 Å². The average Bonchev–Trinajstić information content (AvgIpc) is 2.96. The normalized spacial score (nSPS) is 11.0. The van der Waals surface area contributed by atoms with E-state index in [-0.39, 0.29) is 17.2 Å². The van der Waals surface area contributed by atoms with Gasteiger partial charge in [0.05, 0.1) is 11.1 Å². The van der Waals surface area contributed by atoms with Crippen LogP contribution in [0.2, 0.25) is 0 Å². The molecule has 6 nitrogen and oxygen atoms in total. The van der Waals surface area contributed by atoms with Crippen LogP contribution in [0.4, 0.5) is 5.69 Å². The Kier molecular flexibility index (Phi) is 6.54. The number of para-hydroxylation sites is 1. The van der Waals surface area contributed by atoms with Gasteiger partial charge in [-0.1, -0.05) is 23.9 Å². The lowest BCUT2D eigenvalue weighted by Crippen LogP contribution is -2.20. The van der Waals surface area contributed by atoms with Gasteiger partial charge in [0, 0.05) is 29.7 Å². The number of benzene rings is 1. The zero-order valence-electron chi connectivity index (χ0n) is 16.9. The first kappa shape index (κ1) is 21.3. The van der Waals surface area contributed by atoms with Gasteiger partial charge >= 0.3 is 0 Å². The van der Waals surface area contributed by atoms with E-state index >= 15 is 0 Å². The average molecular weight is 430 g/mol. The first-order valence-electron chi connectivity index (χ1n) is 9.29. The van der Waals surface area contributed by atoms with Crippen molar-refractivity contribution in [2.24, 2.45) is 7.05 Å². The molecule has 152 valence electrons. The Bertz CT molecular complexity index is 1150. The van der Waals surface area contributed by atoms with Gasteiger partial charge in [0.25, 0.3) is 5.56 Å². The summed E-state index contributed by atoms with van der Waals surface area (Å²) in [5.41, 5.74) is 2.01. The molecule has 0 radical (unpaired) electrons. The second kappa shape index (κ2) is 8.92. The maximum Gasteiger partial charge on any atom is 0.262 e. The lowest BCUT2D eigenvalue weighted by atomic mass is 10.1. The quantitative estimate of drug-likeness (QED) is 0.262. The Hall–Kier alpha value is -2.45. The Labute approximate surface area is 177 Å². The minimum absolute atomic E-state index is 0.0297. The predicted molar refractivity (Wildman–Crippen MR) is 119 cm³/mol. The van der Waals surface area contributed by atoms with Gasteiger partial charge in [-0.25, -0.2) is 4.98 Å². The number of thiophene rings is 1. The number of fused-ring (bicyclic) bond motifs is 1. The predicted octanol–water partition coefficient (Wildman–Crippen LogP) is 4.33. The van der Waals surface area contributed by atoms with Crippen LogP contribution in [0.3, 0.4) is 0 Å². The van der Waals surface area contributed by atoms with Crippen molar-refractivity contribution in [1.82, 2.24) is 9.55 Å². The molecule has 0 saturated heterocycles. The number of carbonyl (C=O) groups is 2. The van der Waals surface area contributed by atoms with Crippen molar-refractivity contribution in [3.05, 3.63) is 50.6 Å². The summed E-state index contributed by atoms with van der Waals surface area (Å²) in [5, 5.41) is 4.16. The monoisotopic (exact) mass is 429 g/mol. The van der Waals surface area contributed by atoms with Crippen LogP contribution in [0.15, 0.2) is 34.2 Å². The molecule has 2 heterocycles. The zero-order valence-corrected chi connectivity index (χ0v) is 18.5. The van der Waals surface area contributed by atoms with Crippen LogP contribution < -0.4 is 10.9 Å². The molecule has 0 fully saturated rings. The molecule has 2 aromatic heterocycles. The molecule has 3 aromatic rings. The summed E-state index contributed by atoms with van der Waals surface area (Å²) < 4.78 is 1.58. The number of hydrogen-bond acceptors (Lipinski definition) is 6. The van der Waals surface area contributed by atoms with E-state index in [4.69, 9.17) is 0 Å². The Morgan fingerprint density at radius 2 is 1.97 bits per heavy atom. The fourth-order valence-electron chi connectivity index (χ4n) is 2.99. The molecule has 1 aromatic carbocycles. The Morgan fingerprint density at radius 1 is 1.24 bits per heavy atom. The molecule has 0 saturated carbocycles. The lowest BCUT2D eigenvalue weighted by molar-refractivity contribution is -0.116. The Morgan fingerprint density at radius 3 is 2.69 bits per heavy atom. The number of thioether (sulfide) groups is 1. The van der Waals surface area contributed by atoms with E-state index in [0.29, 0.717) is 40.4 Å². The standard InChI is InChI=1S/C21H23N3O3S2/c1-12-14(3)29-19-18(12)20(27)24(4)21(23-19)28-11-7-10-17(26)22-16-9-6-5-8-15(16)13(2)25/h5-6,8-9H,7,10-11H2,1-4H3,(H,22,26). The number of aryl methyl sites for hydroxylation is 2. The van der Waals surface area contributed by atoms with Crippen molar-refractivity contribution >= 4 is 50.7 Å². The van der Waals surface area contributed by atoms with Crippen molar-refractivity contribution in [1.29, 1.82) is 0 Å². The molecular formula is C21H23N3O3S2. The number of rotatable bonds is 7. The van der Waals surface area contributed by atoms with Crippen LogP contribution in [-0.4, -0.2) is 27.0 Å². The highest BCUT2D eigenvalue weighted by atomic mass is 32.2. The number of nitrogens with zero attached hydrogens (tertiary/aromatic N) is 2. The lowest BCUT2D eigenvalue weighted by Gasteiger charge is -2.09. The van der Waals surface area contributed by atoms with Gasteiger partial charge in [0.15, 0.2) is 10.9 Å². The molecule has 0 atom stereocenters. The van der Waals surface area contributed by atoms with Crippen molar-refractivity contribution in [3.63, 3.8) is 0 Å². The van der Waals surface area contributed by atoms with Gasteiger partial charge in [-0.15, -0.1) is 11.3 Å². The second-order valence-electron chi connectivity index (χ2n) is 6.82. The van der Waals surface area contributed by atoms with Gasteiger partial charge < -0.3 is 5.32 Å². The largest absolute Gasteiger partial charge is 0.325 e. The number of nitrogens with one attached hydrogen (secondary N) is 1. The molecule has 0 aliphatic rings. The highest BCUT2D eigenvalue weighted by Gasteiger charge is 2.15. The summed E-state index contributed by atoms with van der Waals surface area (Å²) in [6.45, 7) is 5.43. The van der Waals surface area contributed by atoms with Gasteiger partial charge in [0.2, 0.25) is 5.91 Å². The number of carbonyl (C=O) groups excluding carboxylic acids is 2. The Balaban J connectivity index is 1.60. The number of amides is 1. The van der Waals surface area contributed by atoms with E-state index < -0.39 is 0 Å². The van der Waals surface area contributed by atoms with Crippen molar-refractivity contribution in [2.45, 2.75) is 38.8 Å². The van der Waals surface area contributed by atoms with Crippen molar-refractivity contribution in [2.75, 3.05) is 11.1 Å². The molecule has 1 amide bonds. The topological polar surface area (TPSA) is 81.1 Å². The molecule has 1 N–H and O–H groups in total. The summed E-state index contributed by atoms with van der Waals surface area (Å²) in [6.07, 6.45) is 0.960. The van der Waals surface area contributed by atoms with Crippen LogP contribution in [-0.2, 0) is 11.8 Å². The minimum Gasteiger partial charge on any atom is -0.325 e. The third kappa shape index (κ3) is 4.59. The third-order valence-corrected chi connectivity index (χ3v) is 6.95. The number of anilines is 1. The third-order valence-electron chi connectivity index (χ3n) is 4.73. The smallest absolute Gasteiger partial charge is 0.262 e. The molecule has 29 heavy (non-hydrogen) atoms. The van der Waals surface area contributed by atoms with Crippen molar-refractivity contribution < 1.29 is 9.59 Å². The zero-order chi connectivity index (χ0) is 21.1.